The minimum Gasteiger partial charge on any atom is -0.378 e. The molecule has 1 fully saturated rings. The summed E-state index contributed by atoms with van der Waals surface area (Å²) in [5.41, 5.74) is 1.51. The number of morpholine rings is 1. The summed E-state index contributed by atoms with van der Waals surface area (Å²) >= 11 is 0. The summed E-state index contributed by atoms with van der Waals surface area (Å²) in [5, 5.41) is 11.3. The molecule has 1 aromatic carbocycles. The van der Waals surface area contributed by atoms with Crippen LogP contribution in [0.4, 0.5) is 0 Å². The number of tetrazole rings is 1. The molecule has 104 valence electrons. The number of aromatic nitrogens is 4. The van der Waals surface area contributed by atoms with Gasteiger partial charge in [0.2, 0.25) is 0 Å². The molecule has 2 aromatic rings. The van der Waals surface area contributed by atoms with Crippen molar-refractivity contribution in [2.75, 3.05) is 26.3 Å². The second kappa shape index (κ2) is 5.38. The van der Waals surface area contributed by atoms with E-state index in [1.165, 1.54) is 0 Å². The summed E-state index contributed by atoms with van der Waals surface area (Å²) in [6.45, 7) is 4.33. The van der Waals surface area contributed by atoms with Crippen molar-refractivity contribution in [1.82, 2.24) is 25.1 Å². The van der Waals surface area contributed by atoms with Crippen LogP contribution in [0.25, 0.3) is 5.69 Å². The molecule has 1 amide bonds. The maximum Gasteiger partial charge on any atom is 0.254 e. The molecule has 1 aliphatic heterocycles. The Kier molecular flexibility index (Phi) is 3.42. The molecule has 0 atom stereocenters. The van der Waals surface area contributed by atoms with Gasteiger partial charge >= 0.3 is 0 Å². The number of nitrogens with zero attached hydrogens (tertiary/aromatic N) is 5. The number of ether oxygens (including phenoxy) is 1. The number of carbonyl (C=O) groups excluding carboxylic acids is 1. The number of carbonyl (C=O) groups is 1. The summed E-state index contributed by atoms with van der Waals surface area (Å²) in [7, 11) is 0. The average molecular weight is 273 g/mol. The molecule has 7 heteroatoms. The molecule has 7 nitrogen and oxygen atoms in total. The Balaban J connectivity index is 1.79. The van der Waals surface area contributed by atoms with Crippen molar-refractivity contribution in [1.29, 1.82) is 0 Å². The molecule has 0 bridgehead atoms. The van der Waals surface area contributed by atoms with E-state index in [1.54, 1.807) is 21.7 Å². The van der Waals surface area contributed by atoms with Crippen molar-refractivity contribution in [3.8, 4) is 5.69 Å². The molecule has 0 spiro atoms. The van der Waals surface area contributed by atoms with E-state index in [0.29, 0.717) is 37.7 Å². The molecule has 1 aliphatic rings. The van der Waals surface area contributed by atoms with Crippen LogP contribution in [0.1, 0.15) is 16.2 Å². The van der Waals surface area contributed by atoms with Crippen LogP contribution in [0, 0.1) is 6.92 Å². The molecule has 2 heterocycles. The van der Waals surface area contributed by atoms with Crippen LogP contribution in [0.15, 0.2) is 24.3 Å². The Hall–Kier alpha value is -2.28. The summed E-state index contributed by atoms with van der Waals surface area (Å²) < 4.78 is 6.88. The van der Waals surface area contributed by atoms with E-state index in [9.17, 15) is 4.79 Å². The largest absolute Gasteiger partial charge is 0.378 e. The third-order valence-corrected chi connectivity index (χ3v) is 3.28. The van der Waals surface area contributed by atoms with Gasteiger partial charge in [-0.05, 0) is 41.6 Å². The van der Waals surface area contributed by atoms with Gasteiger partial charge in [-0.1, -0.05) is 0 Å². The highest BCUT2D eigenvalue weighted by Gasteiger charge is 2.18. The molecule has 0 unspecified atom stereocenters. The second-order valence-electron chi connectivity index (χ2n) is 4.59. The van der Waals surface area contributed by atoms with Crippen LogP contribution in [0.3, 0.4) is 0 Å². The van der Waals surface area contributed by atoms with E-state index in [-0.39, 0.29) is 5.91 Å². The van der Waals surface area contributed by atoms with Gasteiger partial charge in [-0.2, -0.15) is 4.68 Å². The van der Waals surface area contributed by atoms with Crippen LogP contribution in [-0.2, 0) is 4.74 Å². The zero-order valence-electron chi connectivity index (χ0n) is 11.2. The number of benzene rings is 1. The third kappa shape index (κ3) is 2.39. The normalized spacial score (nSPS) is 15.3. The second-order valence-corrected chi connectivity index (χ2v) is 4.59. The first kappa shape index (κ1) is 12.7. The minimum absolute atomic E-state index is 0.0355. The summed E-state index contributed by atoms with van der Waals surface area (Å²) in [5.74, 6) is 0.741. The topological polar surface area (TPSA) is 73.1 Å². The smallest absolute Gasteiger partial charge is 0.254 e. The van der Waals surface area contributed by atoms with E-state index in [2.05, 4.69) is 15.5 Å². The number of aryl methyl sites for hydroxylation is 1. The van der Waals surface area contributed by atoms with Crippen LogP contribution < -0.4 is 0 Å². The lowest BCUT2D eigenvalue weighted by molar-refractivity contribution is 0.0303. The van der Waals surface area contributed by atoms with Gasteiger partial charge in [-0.3, -0.25) is 4.79 Å². The van der Waals surface area contributed by atoms with Crippen molar-refractivity contribution >= 4 is 5.91 Å². The molecule has 1 saturated heterocycles. The number of hydrogen-bond donors (Lipinski definition) is 0. The lowest BCUT2D eigenvalue weighted by atomic mass is 10.1. The van der Waals surface area contributed by atoms with E-state index >= 15 is 0 Å². The van der Waals surface area contributed by atoms with E-state index in [1.807, 2.05) is 19.1 Å². The fourth-order valence-electron chi connectivity index (χ4n) is 2.16. The van der Waals surface area contributed by atoms with Gasteiger partial charge in [-0.15, -0.1) is 5.10 Å². The van der Waals surface area contributed by atoms with Gasteiger partial charge in [0, 0.05) is 18.7 Å². The molecule has 20 heavy (non-hydrogen) atoms. The van der Waals surface area contributed by atoms with E-state index in [4.69, 9.17) is 4.74 Å². The van der Waals surface area contributed by atoms with Crippen LogP contribution in [0.2, 0.25) is 0 Å². The van der Waals surface area contributed by atoms with Gasteiger partial charge < -0.3 is 9.64 Å². The maximum absolute atomic E-state index is 12.3. The lowest BCUT2D eigenvalue weighted by Gasteiger charge is -2.26. The Labute approximate surface area is 116 Å². The predicted octanol–water partition coefficient (Wildman–Crippen LogP) is 0.443. The zero-order valence-corrected chi connectivity index (χ0v) is 11.2. The Morgan fingerprint density at radius 1 is 1.20 bits per heavy atom. The van der Waals surface area contributed by atoms with Gasteiger partial charge in [-0.25, -0.2) is 0 Å². The van der Waals surface area contributed by atoms with E-state index in [0.717, 1.165) is 5.69 Å². The highest BCUT2D eigenvalue weighted by Crippen LogP contribution is 2.12. The SMILES string of the molecule is Cc1nnnn1-c1ccc(C(=O)N2CCOCC2)cc1. The summed E-state index contributed by atoms with van der Waals surface area (Å²) in [6, 6.07) is 7.29. The summed E-state index contributed by atoms with van der Waals surface area (Å²) in [6.07, 6.45) is 0. The monoisotopic (exact) mass is 273 g/mol. The van der Waals surface area contributed by atoms with Crippen molar-refractivity contribution in [2.45, 2.75) is 6.92 Å². The molecule has 3 rings (SSSR count). The highest BCUT2D eigenvalue weighted by molar-refractivity contribution is 5.94. The standard InChI is InChI=1S/C13H15N5O2/c1-10-14-15-16-18(10)12-4-2-11(3-5-12)13(19)17-6-8-20-9-7-17/h2-5H,6-9H2,1H3. The first-order valence-corrected chi connectivity index (χ1v) is 6.48. The maximum atomic E-state index is 12.3. The van der Waals surface area contributed by atoms with Crippen molar-refractivity contribution in [2.24, 2.45) is 0 Å². The van der Waals surface area contributed by atoms with Crippen molar-refractivity contribution in [3.63, 3.8) is 0 Å². The van der Waals surface area contributed by atoms with Crippen LogP contribution in [-0.4, -0.2) is 57.3 Å². The van der Waals surface area contributed by atoms with Crippen LogP contribution >= 0.6 is 0 Å². The first-order chi connectivity index (χ1) is 9.75. The molecule has 0 N–H and O–H groups in total. The molecule has 1 aromatic heterocycles. The van der Waals surface area contributed by atoms with Crippen molar-refractivity contribution in [3.05, 3.63) is 35.7 Å². The Morgan fingerprint density at radius 2 is 1.90 bits per heavy atom. The van der Waals surface area contributed by atoms with Gasteiger partial charge in [0.25, 0.3) is 5.91 Å². The van der Waals surface area contributed by atoms with Gasteiger partial charge in [0.05, 0.1) is 18.9 Å². The third-order valence-electron chi connectivity index (χ3n) is 3.28. The van der Waals surface area contributed by atoms with Gasteiger partial charge in [0.1, 0.15) is 0 Å². The lowest BCUT2D eigenvalue weighted by Crippen LogP contribution is -2.40. The molecule has 0 radical (unpaired) electrons. The zero-order chi connectivity index (χ0) is 13.9. The van der Waals surface area contributed by atoms with E-state index < -0.39 is 0 Å². The van der Waals surface area contributed by atoms with Gasteiger partial charge in [0.15, 0.2) is 5.82 Å². The molecule has 0 aliphatic carbocycles. The fourth-order valence-corrected chi connectivity index (χ4v) is 2.16. The quantitative estimate of drug-likeness (QED) is 0.794. The molecule has 0 saturated carbocycles. The highest BCUT2D eigenvalue weighted by atomic mass is 16.5. The fraction of sp³-hybridized carbons (Fsp3) is 0.385. The Bertz CT molecular complexity index is 601. The number of amides is 1. The average Bonchev–Trinajstić information content (AvgIpc) is 2.94. The molecular formula is C13H15N5O2. The number of rotatable bonds is 2. The first-order valence-electron chi connectivity index (χ1n) is 6.48. The Morgan fingerprint density at radius 3 is 2.50 bits per heavy atom. The van der Waals surface area contributed by atoms with Crippen LogP contribution in [0.5, 0.6) is 0 Å². The molecular weight excluding hydrogens is 258 g/mol. The number of hydrogen-bond acceptors (Lipinski definition) is 5. The minimum atomic E-state index is 0.0355. The van der Waals surface area contributed by atoms with Crippen molar-refractivity contribution < 1.29 is 9.53 Å². The predicted molar refractivity (Wildman–Crippen MR) is 70.6 cm³/mol. The summed E-state index contributed by atoms with van der Waals surface area (Å²) in [4.78, 5) is 14.1.